The van der Waals surface area contributed by atoms with E-state index in [0.717, 1.165) is 16.6 Å². The van der Waals surface area contributed by atoms with Crippen molar-refractivity contribution in [2.24, 2.45) is 0 Å². The van der Waals surface area contributed by atoms with E-state index in [-0.39, 0.29) is 17.8 Å². The van der Waals surface area contributed by atoms with Crippen molar-refractivity contribution in [2.75, 3.05) is 6.61 Å². The molecule has 9 heteroatoms. The molecule has 0 spiro atoms. The van der Waals surface area contributed by atoms with Crippen LogP contribution in [-0.4, -0.2) is 27.2 Å². The predicted octanol–water partition coefficient (Wildman–Crippen LogP) is 3.19. The van der Waals surface area contributed by atoms with Crippen molar-refractivity contribution in [3.8, 4) is 11.1 Å². The summed E-state index contributed by atoms with van der Waals surface area (Å²) in [6, 6.07) is 4.54. The molecule has 3 aromatic rings. The first-order valence-corrected chi connectivity index (χ1v) is 7.69. The van der Waals surface area contributed by atoms with Gasteiger partial charge in [0.1, 0.15) is 11.2 Å². The fourth-order valence-electron chi connectivity index (χ4n) is 2.65. The van der Waals surface area contributed by atoms with Crippen LogP contribution in [0.25, 0.3) is 16.8 Å². The van der Waals surface area contributed by atoms with E-state index < -0.39 is 23.3 Å². The van der Waals surface area contributed by atoms with E-state index in [1.807, 2.05) is 0 Å². The molecule has 0 amide bonds. The van der Waals surface area contributed by atoms with Gasteiger partial charge in [0.2, 0.25) is 0 Å². The minimum Gasteiger partial charge on any atom is -0.462 e. The average molecular weight is 365 g/mol. The lowest BCUT2D eigenvalue weighted by Gasteiger charge is -2.07. The van der Waals surface area contributed by atoms with Crippen LogP contribution in [0.3, 0.4) is 0 Å². The van der Waals surface area contributed by atoms with Gasteiger partial charge in [0.15, 0.2) is 0 Å². The van der Waals surface area contributed by atoms with Crippen molar-refractivity contribution in [3.05, 3.63) is 57.6 Å². The third-order valence-corrected chi connectivity index (χ3v) is 3.83. The second kappa shape index (κ2) is 6.32. The maximum atomic E-state index is 12.7. The molecule has 0 aliphatic rings. The summed E-state index contributed by atoms with van der Waals surface area (Å²) in [5, 5.41) is 4.11. The third-order valence-electron chi connectivity index (χ3n) is 3.83. The SMILES string of the molecule is CCOC(=O)c1c[nH]c2c(-c3ccc(C(F)(F)F)cc3)c(C)nn2c1=O. The van der Waals surface area contributed by atoms with Gasteiger partial charge >= 0.3 is 12.1 Å². The zero-order valence-corrected chi connectivity index (χ0v) is 13.8. The van der Waals surface area contributed by atoms with Crippen molar-refractivity contribution >= 4 is 11.6 Å². The first-order chi connectivity index (χ1) is 12.2. The molecule has 0 saturated carbocycles. The lowest BCUT2D eigenvalue weighted by molar-refractivity contribution is -0.137. The topological polar surface area (TPSA) is 76.5 Å². The molecular formula is C17H14F3N3O3. The molecule has 0 aliphatic carbocycles. The monoisotopic (exact) mass is 365 g/mol. The van der Waals surface area contributed by atoms with E-state index in [0.29, 0.717) is 16.8 Å². The minimum absolute atomic E-state index is 0.116. The largest absolute Gasteiger partial charge is 0.462 e. The summed E-state index contributed by atoms with van der Waals surface area (Å²) in [5.74, 6) is -0.778. The summed E-state index contributed by atoms with van der Waals surface area (Å²) < 4.78 is 44.0. The highest BCUT2D eigenvalue weighted by atomic mass is 19.4. The highest BCUT2D eigenvalue weighted by Crippen LogP contribution is 2.32. The van der Waals surface area contributed by atoms with Gasteiger partial charge in [0.05, 0.1) is 17.9 Å². The smallest absolute Gasteiger partial charge is 0.416 e. The summed E-state index contributed by atoms with van der Waals surface area (Å²) in [4.78, 5) is 27.1. The standard InChI is InChI=1S/C17H14F3N3O3/c1-3-26-16(25)12-8-21-14-13(9(2)22-23(14)15(12)24)10-4-6-11(7-5-10)17(18,19)20/h4-8,21H,3H2,1-2H3. The third kappa shape index (κ3) is 2.96. The molecule has 0 bridgehead atoms. The fourth-order valence-corrected chi connectivity index (χ4v) is 2.65. The summed E-state index contributed by atoms with van der Waals surface area (Å²) >= 11 is 0. The van der Waals surface area contributed by atoms with Gasteiger partial charge in [-0.1, -0.05) is 12.1 Å². The van der Waals surface area contributed by atoms with Crippen molar-refractivity contribution in [1.29, 1.82) is 0 Å². The molecular weight excluding hydrogens is 351 g/mol. The Morgan fingerprint density at radius 3 is 2.50 bits per heavy atom. The van der Waals surface area contributed by atoms with Crippen LogP contribution in [0.4, 0.5) is 13.2 Å². The molecule has 136 valence electrons. The highest BCUT2D eigenvalue weighted by molar-refractivity contribution is 5.89. The van der Waals surface area contributed by atoms with E-state index in [9.17, 15) is 22.8 Å². The number of aryl methyl sites for hydroxylation is 1. The van der Waals surface area contributed by atoms with Gasteiger partial charge < -0.3 is 9.72 Å². The maximum absolute atomic E-state index is 12.7. The fraction of sp³-hybridized carbons (Fsp3) is 0.235. The number of benzene rings is 1. The summed E-state index contributed by atoms with van der Waals surface area (Å²) in [7, 11) is 0. The number of nitrogens with one attached hydrogen (secondary N) is 1. The Morgan fingerprint density at radius 1 is 1.27 bits per heavy atom. The number of fused-ring (bicyclic) bond motifs is 1. The van der Waals surface area contributed by atoms with Crippen LogP contribution in [0, 0.1) is 6.92 Å². The minimum atomic E-state index is -4.43. The van der Waals surface area contributed by atoms with E-state index in [2.05, 4.69) is 10.1 Å². The molecule has 6 nitrogen and oxygen atoms in total. The Morgan fingerprint density at radius 2 is 1.92 bits per heavy atom. The number of aromatic nitrogens is 3. The van der Waals surface area contributed by atoms with Gasteiger partial charge in [-0.25, -0.2) is 4.79 Å². The Kier molecular flexibility index (Phi) is 4.31. The van der Waals surface area contributed by atoms with E-state index >= 15 is 0 Å². The van der Waals surface area contributed by atoms with Crippen molar-refractivity contribution in [1.82, 2.24) is 14.6 Å². The van der Waals surface area contributed by atoms with Crippen LogP contribution in [0.15, 0.2) is 35.3 Å². The molecule has 3 rings (SSSR count). The number of esters is 1. The van der Waals surface area contributed by atoms with Crippen LogP contribution in [0.1, 0.15) is 28.5 Å². The van der Waals surface area contributed by atoms with Crippen LogP contribution >= 0.6 is 0 Å². The summed E-state index contributed by atoms with van der Waals surface area (Å²) in [6.45, 7) is 3.36. The number of halogens is 3. The summed E-state index contributed by atoms with van der Waals surface area (Å²) in [5.41, 5.74) is 0.00319. The first kappa shape index (κ1) is 17.7. The number of ether oxygens (including phenoxy) is 1. The number of H-pyrrole nitrogens is 1. The number of alkyl halides is 3. The normalized spacial score (nSPS) is 11.7. The van der Waals surface area contributed by atoms with Crippen molar-refractivity contribution in [2.45, 2.75) is 20.0 Å². The molecule has 0 unspecified atom stereocenters. The zero-order valence-electron chi connectivity index (χ0n) is 13.8. The molecule has 0 aliphatic heterocycles. The van der Waals surface area contributed by atoms with Crippen LogP contribution < -0.4 is 5.56 Å². The van der Waals surface area contributed by atoms with Crippen molar-refractivity contribution < 1.29 is 22.7 Å². The lowest BCUT2D eigenvalue weighted by Crippen LogP contribution is -2.24. The van der Waals surface area contributed by atoms with Crippen LogP contribution in [0.2, 0.25) is 0 Å². The molecule has 2 heterocycles. The number of hydrogen-bond donors (Lipinski definition) is 1. The number of carbonyl (C=O) groups excluding carboxylic acids is 1. The molecule has 0 saturated heterocycles. The molecule has 26 heavy (non-hydrogen) atoms. The molecule has 0 fully saturated rings. The van der Waals surface area contributed by atoms with E-state index in [1.165, 1.54) is 18.3 Å². The molecule has 0 atom stereocenters. The van der Waals surface area contributed by atoms with Gasteiger partial charge in [-0.3, -0.25) is 4.79 Å². The molecule has 2 aromatic heterocycles. The van der Waals surface area contributed by atoms with Gasteiger partial charge in [0, 0.05) is 11.8 Å². The lowest BCUT2D eigenvalue weighted by atomic mass is 10.0. The maximum Gasteiger partial charge on any atom is 0.416 e. The van der Waals surface area contributed by atoms with Crippen molar-refractivity contribution in [3.63, 3.8) is 0 Å². The van der Waals surface area contributed by atoms with Crippen LogP contribution in [-0.2, 0) is 10.9 Å². The van der Waals surface area contributed by atoms with Gasteiger partial charge in [-0.05, 0) is 31.5 Å². The van der Waals surface area contributed by atoms with Gasteiger partial charge in [-0.2, -0.15) is 22.8 Å². The first-order valence-electron chi connectivity index (χ1n) is 7.69. The number of hydrogen-bond acceptors (Lipinski definition) is 4. The molecule has 1 aromatic carbocycles. The zero-order chi connectivity index (χ0) is 19.1. The van der Waals surface area contributed by atoms with Crippen LogP contribution in [0.5, 0.6) is 0 Å². The number of rotatable bonds is 3. The molecule has 0 radical (unpaired) electrons. The Bertz CT molecular complexity index is 1030. The quantitative estimate of drug-likeness (QED) is 0.723. The number of carbonyl (C=O) groups is 1. The Labute approximate surface area is 145 Å². The van der Waals surface area contributed by atoms with E-state index in [4.69, 9.17) is 4.74 Å². The van der Waals surface area contributed by atoms with Gasteiger partial charge in [-0.15, -0.1) is 0 Å². The highest BCUT2D eigenvalue weighted by Gasteiger charge is 2.30. The second-order valence-corrected chi connectivity index (χ2v) is 5.52. The second-order valence-electron chi connectivity index (χ2n) is 5.52. The van der Waals surface area contributed by atoms with Gasteiger partial charge in [0.25, 0.3) is 5.56 Å². The van der Waals surface area contributed by atoms with E-state index in [1.54, 1.807) is 13.8 Å². The predicted molar refractivity (Wildman–Crippen MR) is 86.9 cm³/mol. The number of nitrogens with zero attached hydrogens (tertiary/aromatic N) is 2. The Hall–Kier alpha value is -3.10. The number of aromatic amines is 1. The molecule has 1 N–H and O–H groups in total. The Balaban J connectivity index is 2.13. The summed E-state index contributed by atoms with van der Waals surface area (Å²) in [6.07, 6.45) is -3.22. The average Bonchev–Trinajstić information content (AvgIpc) is 2.92.